The van der Waals surface area contributed by atoms with Crippen LogP contribution in [0.2, 0.25) is 0 Å². The van der Waals surface area contributed by atoms with E-state index in [2.05, 4.69) is 10.4 Å². The fourth-order valence-corrected chi connectivity index (χ4v) is 4.40. The van der Waals surface area contributed by atoms with Gasteiger partial charge in [0.05, 0.1) is 30.3 Å². The monoisotopic (exact) mass is 508 g/mol. The Kier molecular flexibility index (Phi) is 7.80. The number of aromatic nitrogens is 2. The summed E-state index contributed by atoms with van der Waals surface area (Å²) in [6, 6.07) is 13.5. The van der Waals surface area contributed by atoms with Crippen molar-refractivity contribution in [3.05, 3.63) is 77.4 Å². The van der Waals surface area contributed by atoms with E-state index in [1.54, 1.807) is 35.0 Å². The zero-order valence-corrected chi connectivity index (χ0v) is 21.7. The lowest BCUT2D eigenvalue weighted by Crippen LogP contribution is -2.41. The number of carbonyl (C=O) groups excluding carboxylic acids is 2. The molecule has 1 aliphatic rings. The van der Waals surface area contributed by atoms with Crippen molar-refractivity contribution in [1.82, 2.24) is 20.0 Å². The van der Waals surface area contributed by atoms with Crippen molar-refractivity contribution in [3.63, 3.8) is 0 Å². The standard InChI is InChI=1S/C28H33FN4O4/c1-28(2,3)37-27(35)32-15-13-20(14-16-32)25-24(18-31-33(25)22-9-7-21(29)8-10-22)26(34)30-17-19-5-11-23(36-4)12-6-19/h5-12,18,20H,13-17H2,1-4H3,(H,30,34). The number of nitrogens with zero attached hydrogens (tertiary/aromatic N) is 3. The molecule has 0 bridgehead atoms. The van der Waals surface area contributed by atoms with Crippen LogP contribution < -0.4 is 10.1 Å². The Labute approximate surface area is 216 Å². The van der Waals surface area contributed by atoms with Gasteiger partial charge in [-0.25, -0.2) is 13.9 Å². The van der Waals surface area contributed by atoms with E-state index in [-0.39, 0.29) is 23.7 Å². The number of hydrogen-bond acceptors (Lipinski definition) is 5. The Morgan fingerprint density at radius 3 is 2.30 bits per heavy atom. The summed E-state index contributed by atoms with van der Waals surface area (Å²) in [6.07, 6.45) is 2.51. The number of likely N-dealkylation sites (tertiary alicyclic amines) is 1. The van der Waals surface area contributed by atoms with Crippen LogP contribution in [0.1, 0.15) is 61.1 Å². The van der Waals surface area contributed by atoms with Crippen LogP contribution in [0.4, 0.5) is 9.18 Å². The van der Waals surface area contributed by atoms with Crippen molar-refractivity contribution in [2.24, 2.45) is 0 Å². The minimum absolute atomic E-state index is 0.0204. The normalized spacial score (nSPS) is 14.4. The fraction of sp³-hybridized carbons (Fsp3) is 0.393. The molecular weight excluding hydrogens is 475 g/mol. The van der Waals surface area contributed by atoms with Crippen LogP contribution in [0.5, 0.6) is 5.75 Å². The molecule has 9 heteroatoms. The van der Waals surface area contributed by atoms with Crippen molar-refractivity contribution in [3.8, 4) is 11.4 Å². The molecule has 1 aliphatic heterocycles. The molecular formula is C28H33FN4O4. The third-order valence-electron chi connectivity index (χ3n) is 6.27. The van der Waals surface area contributed by atoms with Crippen molar-refractivity contribution < 1.29 is 23.5 Å². The van der Waals surface area contributed by atoms with Gasteiger partial charge in [0.1, 0.15) is 17.2 Å². The minimum Gasteiger partial charge on any atom is -0.497 e. The first-order chi connectivity index (χ1) is 17.6. The predicted molar refractivity (Wildman–Crippen MR) is 137 cm³/mol. The van der Waals surface area contributed by atoms with Gasteiger partial charge in [-0.15, -0.1) is 0 Å². The summed E-state index contributed by atoms with van der Waals surface area (Å²) in [5.41, 5.74) is 2.26. The Morgan fingerprint density at radius 1 is 1.05 bits per heavy atom. The van der Waals surface area contributed by atoms with Crippen molar-refractivity contribution in [2.45, 2.75) is 51.7 Å². The molecule has 37 heavy (non-hydrogen) atoms. The second kappa shape index (κ2) is 11.0. The number of ether oxygens (including phenoxy) is 2. The number of nitrogens with one attached hydrogen (secondary N) is 1. The van der Waals surface area contributed by atoms with Gasteiger partial charge in [0.2, 0.25) is 0 Å². The number of benzene rings is 2. The van der Waals surface area contributed by atoms with Crippen molar-refractivity contribution >= 4 is 12.0 Å². The molecule has 1 saturated heterocycles. The maximum absolute atomic E-state index is 13.6. The number of halogens is 1. The van der Waals surface area contributed by atoms with E-state index in [0.29, 0.717) is 43.7 Å². The van der Waals surface area contributed by atoms with E-state index >= 15 is 0 Å². The first kappa shape index (κ1) is 26.2. The smallest absolute Gasteiger partial charge is 0.410 e. The fourth-order valence-electron chi connectivity index (χ4n) is 4.40. The van der Waals surface area contributed by atoms with E-state index in [1.807, 2.05) is 45.0 Å². The molecule has 2 aromatic carbocycles. The summed E-state index contributed by atoms with van der Waals surface area (Å²) in [6.45, 7) is 6.88. The van der Waals surface area contributed by atoms with Crippen LogP contribution in [0.15, 0.2) is 54.7 Å². The molecule has 3 aromatic rings. The average molecular weight is 509 g/mol. The zero-order valence-electron chi connectivity index (χ0n) is 21.7. The number of carbonyl (C=O) groups is 2. The Balaban J connectivity index is 1.55. The van der Waals surface area contributed by atoms with E-state index in [0.717, 1.165) is 17.0 Å². The lowest BCUT2D eigenvalue weighted by molar-refractivity contribution is 0.0203. The molecule has 0 unspecified atom stereocenters. The largest absolute Gasteiger partial charge is 0.497 e. The van der Waals surface area contributed by atoms with E-state index in [4.69, 9.17) is 9.47 Å². The first-order valence-electron chi connectivity index (χ1n) is 12.4. The molecule has 1 fully saturated rings. The summed E-state index contributed by atoms with van der Waals surface area (Å²) < 4.78 is 26.0. The van der Waals surface area contributed by atoms with Gasteiger partial charge >= 0.3 is 6.09 Å². The van der Waals surface area contributed by atoms with Crippen LogP contribution in [0, 0.1) is 5.82 Å². The summed E-state index contributed by atoms with van der Waals surface area (Å²) in [4.78, 5) is 27.5. The molecule has 0 radical (unpaired) electrons. The van der Waals surface area contributed by atoms with Crippen molar-refractivity contribution in [2.75, 3.05) is 20.2 Å². The van der Waals surface area contributed by atoms with E-state index in [1.165, 1.54) is 12.1 Å². The highest BCUT2D eigenvalue weighted by molar-refractivity contribution is 5.95. The second-order valence-corrected chi connectivity index (χ2v) is 10.1. The average Bonchev–Trinajstić information content (AvgIpc) is 3.32. The Bertz CT molecular complexity index is 1220. The second-order valence-electron chi connectivity index (χ2n) is 10.1. The summed E-state index contributed by atoms with van der Waals surface area (Å²) in [5, 5.41) is 7.49. The van der Waals surface area contributed by atoms with Gasteiger partial charge in [-0.2, -0.15) is 5.10 Å². The van der Waals surface area contributed by atoms with Crippen molar-refractivity contribution in [1.29, 1.82) is 0 Å². The predicted octanol–water partition coefficient (Wildman–Crippen LogP) is 5.06. The summed E-state index contributed by atoms with van der Waals surface area (Å²) in [7, 11) is 1.61. The number of rotatable bonds is 6. The lowest BCUT2D eigenvalue weighted by atomic mass is 9.91. The Hall–Kier alpha value is -3.88. The molecule has 0 atom stereocenters. The molecule has 196 valence electrons. The molecule has 8 nitrogen and oxygen atoms in total. The van der Waals surface area contributed by atoms with Gasteiger partial charge in [-0.05, 0) is 75.6 Å². The van der Waals surface area contributed by atoms with E-state index in [9.17, 15) is 14.0 Å². The number of piperidine rings is 1. The molecule has 1 N–H and O–H groups in total. The van der Waals surface area contributed by atoms with Crippen LogP contribution in [-0.4, -0.2) is 52.5 Å². The highest BCUT2D eigenvalue weighted by Crippen LogP contribution is 2.33. The third-order valence-corrected chi connectivity index (χ3v) is 6.27. The molecule has 2 amide bonds. The highest BCUT2D eigenvalue weighted by atomic mass is 19.1. The molecule has 0 spiro atoms. The molecule has 0 saturated carbocycles. The van der Waals surface area contributed by atoms with Gasteiger partial charge in [-0.3, -0.25) is 4.79 Å². The third kappa shape index (κ3) is 6.47. The Morgan fingerprint density at radius 2 is 1.70 bits per heavy atom. The van der Waals surface area contributed by atoms with Crippen LogP contribution in [0.3, 0.4) is 0 Å². The zero-order chi connectivity index (χ0) is 26.6. The summed E-state index contributed by atoms with van der Waals surface area (Å²) in [5.74, 6) is 0.137. The van der Waals surface area contributed by atoms with E-state index < -0.39 is 5.60 Å². The molecule has 0 aliphatic carbocycles. The number of methoxy groups -OCH3 is 1. The number of hydrogen-bond donors (Lipinski definition) is 1. The maximum atomic E-state index is 13.6. The van der Waals surface area contributed by atoms with Gasteiger partial charge in [0.15, 0.2) is 0 Å². The topological polar surface area (TPSA) is 85.7 Å². The minimum atomic E-state index is -0.565. The van der Waals surface area contributed by atoms with Gasteiger partial charge < -0.3 is 19.7 Å². The molecule has 2 heterocycles. The maximum Gasteiger partial charge on any atom is 0.410 e. The van der Waals surface area contributed by atoms with Crippen LogP contribution >= 0.6 is 0 Å². The quantitative estimate of drug-likeness (QED) is 0.503. The SMILES string of the molecule is COc1ccc(CNC(=O)c2cnn(-c3ccc(F)cc3)c2C2CCN(C(=O)OC(C)(C)C)CC2)cc1. The van der Waals surface area contributed by atoms with Gasteiger partial charge in [0.25, 0.3) is 5.91 Å². The highest BCUT2D eigenvalue weighted by Gasteiger charge is 2.32. The molecule has 4 rings (SSSR count). The van der Waals surface area contributed by atoms with Crippen LogP contribution in [0.25, 0.3) is 5.69 Å². The first-order valence-corrected chi connectivity index (χ1v) is 12.4. The summed E-state index contributed by atoms with van der Waals surface area (Å²) >= 11 is 0. The number of amides is 2. The van der Waals surface area contributed by atoms with Gasteiger partial charge in [0, 0.05) is 25.6 Å². The molecule has 1 aromatic heterocycles. The van der Waals surface area contributed by atoms with Gasteiger partial charge in [-0.1, -0.05) is 12.1 Å². The lowest BCUT2D eigenvalue weighted by Gasteiger charge is -2.34. The van der Waals surface area contributed by atoms with Crippen LogP contribution in [-0.2, 0) is 11.3 Å².